The molecule has 2 rings (SSSR count). The van der Waals surface area contributed by atoms with Crippen molar-refractivity contribution < 1.29 is 13.9 Å². The summed E-state index contributed by atoms with van der Waals surface area (Å²) < 4.78 is 18.6. The van der Waals surface area contributed by atoms with Gasteiger partial charge in [-0.05, 0) is 12.1 Å². The minimum atomic E-state index is -0.825. The summed E-state index contributed by atoms with van der Waals surface area (Å²) in [5, 5.41) is 0. The Morgan fingerprint density at radius 3 is 2.89 bits per heavy atom. The van der Waals surface area contributed by atoms with E-state index in [4.69, 9.17) is 16.2 Å². The fourth-order valence-corrected chi connectivity index (χ4v) is 1.19. The summed E-state index contributed by atoms with van der Waals surface area (Å²) in [5.41, 5.74) is 10.7. The van der Waals surface area contributed by atoms with E-state index >= 15 is 0 Å². The molecule has 0 unspecified atom stereocenters. The molecule has 0 saturated heterocycles. The molecular formula is C11H8FN4O2. The van der Waals surface area contributed by atoms with Crippen molar-refractivity contribution in [1.82, 2.24) is 9.97 Å². The van der Waals surface area contributed by atoms with Crippen LogP contribution in [0.2, 0.25) is 0 Å². The van der Waals surface area contributed by atoms with Crippen LogP contribution in [0.5, 0.6) is 11.6 Å². The number of carbonyl (C=O) groups is 1. The molecule has 0 aliphatic carbocycles. The summed E-state index contributed by atoms with van der Waals surface area (Å²) in [6.45, 7) is 0. The number of nitrogens with zero attached hydrogens (tertiary/aromatic N) is 2. The quantitative estimate of drug-likeness (QED) is 0.784. The van der Waals surface area contributed by atoms with Crippen LogP contribution in [-0.2, 0) is 0 Å². The summed E-state index contributed by atoms with van der Waals surface area (Å²) in [4.78, 5) is 18.1. The zero-order valence-corrected chi connectivity index (χ0v) is 9.05. The smallest absolute Gasteiger partial charge is 0.286 e. The third kappa shape index (κ3) is 2.51. The van der Waals surface area contributed by atoms with E-state index in [1.54, 1.807) is 0 Å². The van der Waals surface area contributed by atoms with Crippen LogP contribution >= 0.6 is 0 Å². The Morgan fingerprint density at radius 2 is 2.22 bits per heavy atom. The monoisotopic (exact) mass is 247 g/mol. The SMILES string of the molecule is NC(=O)c1n[c]cc(Oc2ccc(N)cc2F)n1. The molecule has 4 N–H and O–H groups in total. The number of carbonyl (C=O) groups excluding carboxylic acids is 1. The summed E-state index contributed by atoms with van der Waals surface area (Å²) in [6.07, 6.45) is 2.38. The fourth-order valence-electron chi connectivity index (χ4n) is 1.19. The molecule has 91 valence electrons. The fraction of sp³-hybridized carbons (Fsp3) is 0. The van der Waals surface area contributed by atoms with E-state index in [0.717, 1.165) is 6.07 Å². The molecule has 18 heavy (non-hydrogen) atoms. The lowest BCUT2D eigenvalue weighted by atomic mass is 10.3. The number of nitrogen functional groups attached to an aromatic ring is 1. The minimum absolute atomic E-state index is 0.0394. The number of rotatable bonds is 3. The maximum Gasteiger partial charge on any atom is 0.286 e. The highest BCUT2D eigenvalue weighted by molar-refractivity contribution is 5.88. The minimum Gasteiger partial charge on any atom is -0.436 e. The van der Waals surface area contributed by atoms with Crippen LogP contribution in [0.1, 0.15) is 10.6 Å². The third-order valence-electron chi connectivity index (χ3n) is 1.97. The van der Waals surface area contributed by atoms with Crippen molar-refractivity contribution in [3.63, 3.8) is 0 Å². The molecular weight excluding hydrogens is 239 g/mol. The number of hydrogen-bond acceptors (Lipinski definition) is 5. The molecule has 0 atom stereocenters. The lowest BCUT2D eigenvalue weighted by Crippen LogP contribution is -2.15. The number of hydrogen-bond donors (Lipinski definition) is 2. The van der Waals surface area contributed by atoms with Crippen molar-refractivity contribution in [1.29, 1.82) is 0 Å². The second-order valence-corrected chi connectivity index (χ2v) is 3.32. The summed E-state index contributed by atoms with van der Waals surface area (Å²) in [6, 6.07) is 5.17. The zero-order valence-electron chi connectivity index (χ0n) is 9.05. The molecule has 1 heterocycles. The van der Waals surface area contributed by atoms with Gasteiger partial charge in [-0.3, -0.25) is 4.79 Å². The summed E-state index contributed by atoms with van der Waals surface area (Å²) in [5.74, 6) is -1.85. The molecule has 0 fully saturated rings. The first-order chi connectivity index (χ1) is 8.56. The van der Waals surface area contributed by atoms with Crippen molar-refractivity contribution in [2.75, 3.05) is 5.73 Å². The molecule has 6 nitrogen and oxygen atoms in total. The number of primary amides is 1. The average molecular weight is 247 g/mol. The normalized spacial score (nSPS) is 10.1. The highest BCUT2D eigenvalue weighted by atomic mass is 19.1. The molecule has 7 heteroatoms. The first kappa shape index (κ1) is 11.8. The van der Waals surface area contributed by atoms with Crippen molar-refractivity contribution in [2.45, 2.75) is 0 Å². The van der Waals surface area contributed by atoms with E-state index in [0.29, 0.717) is 0 Å². The predicted molar refractivity (Wildman–Crippen MR) is 60.3 cm³/mol. The van der Waals surface area contributed by atoms with Gasteiger partial charge < -0.3 is 16.2 Å². The Balaban J connectivity index is 2.28. The van der Waals surface area contributed by atoms with Crippen LogP contribution in [0.3, 0.4) is 0 Å². The van der Waals surface area contributed by atoms with Gasteiger partial charge in [0.05, 0.1) is 6.20 Å². The maximum absolute atomic E-state index is 13.4. The van der Waals surface area contributed by atoms with Gasteiger partial charge in [0.2, 0.25) is 11.7 Å². The molecule has 0 aliphatic rings. The van der Waals surface area contributed by atoms with E-state index in [9.17, 15) is 9.18 Å². The molecule has 0 saturated carbocycles. The number of benzene rings is 1. The highest BCUT2D eigenvalue weighted by Gasteiger charge is 2.09. The molecule has 0 spiro atoms. The summed E-state index contributed by atoms with van der Waals surface area (Å²) >= 11 is 0. The molecule has 0 aliphatic heterocycles. The Kier molecular flexibility index (Phi) is 3.05. The van der Waals surface area contributed by atoms with Crippen molar-refractivity contribution in [3.05, 3.63) is 42.1 Å². The van der Waals surface area contributed by atoms with Gasteiger partial charge in [-0.2, -0.15) is 4.98 Å². The number of anilines is 1. The van der Waals surface area contributed by atoms with Gasteiger partial charge in [0.1, 0.15) is 0 Å². The molecule has 1 aromatic carbocycles. The first-order valence-electron chi connectivity index (χ1n) is 4.84. The van der Waals surface area contributed by atoms with E-state index in [1.165, 1.54) is 18.2 Å². The number of halogens is 1. The molecule has 1 aromatic heterocycles. The van der Waals surface area contributed by atoms with Gasteiger partial charge in [-0.25, -0.2) is 9.37 Å². The zero-order chi connectivity index (χ0) is 13.1. The molecule has 1 radical (unpaired) electrons. The van der Waals surface area contributed by atoms with E-state index in [-0.39, 0.29) is 23.1 Å². The predicted octanol–water partition coefficient (Wildman–Crippen LogP) is 0.889. The lowest BCUT2D eigenvalue weighted by molar-refractivity contribution is 0.0989. The maximum atomic E-state index is 13.4. The highest BCUT2D eigenvalue weighted by Crippen LogP contribution is 2.24. The standard InChI is InChI=1S/C11H8FN4O2/c12-7-5-6(13)1-2-8(7)18-9-3-4-15-11(16-9)10(14)17/h1-3,5H,13H2,(H2,14,17). The molecule has 1 amide bonds. The van der Waals surface area contributed by atoms with Crippen LogP contribution in [0.25, 0.3) is 0 Å². The van der Waals surface area contributed by atoms with Crippen molar-refractivity contribution in [3.8, 4) is 11.6 Å². The van der Waals surface area contributed by atoms with Gasteiger partial charge in [0, 0.05) is 17.8 Å². The molecule has 2 aromatic rings. The van der Waals surface area contributed by atoms with Crippen LogP contribution in [-0.4, -0.2) is 15.9 Å². The van der Waals surface area contributed by atoms with Crippen LogP contribution in [0, 0.1) is 12.0 Å². The van der Waals surface area contributed by atoms with Gasteiger partial charge in [-0.1, -0.05) is 0 Å². The number of nitrogens with two attached hydrogens (primary N) is 2. The Morgan fingerprint density at radius 1 is 1.44 bits per heavy atom. The van der Waals surface area contributed by atoms with Crippen molar-refractivity contribution in [2.24, 2.45) is 5.73 Å². The lowest BCUT2D eigenvalue weighted by Gasteiger charge is -2.06. The van der Waals surface area contributed by atoms with Gasteiger partial charge in [-0.15, -0.1) is 0 Å². The average Bonchev–Trinajstić information content (AvgIpc) is 2.33. The molecule has 0 bridgehead atoms. The van der Waals surface area contributed by atoms with Gasteiger partial charge in [0.25, 0.3) is 5.91 Å². The Labute approximate surface area is 101 Å². The number of ether oxygens (including phenoxy) is 1. The number of aromatic nitrogens is 2. The van der Waals surface area contributed by atoms with Crippen molar-refractivity contribution >= 4 is 11.6 Å². The van der Waals surface area contributed by atoms with Crippen LogP contribution in [0.4, 0.5) is 10.1 Å². The second-order valence-electron chi connectivity index (χ2n) is 3.32. The van der Waals surface area contributed by atoms with Crippen LogP contribution < -0.4 is 16.2 Å². The topological polar surface area (TPSA) is 104 Å². The van der Waals surface area contributed by atoms with E-state index < -0.39 is 11.7 Å². The van der Waals surface area contributed by atoms with Gasteiger partial charge in [0.15, 0.2) is 11.6 Å². The third-order valence-corrected chi connectivity index (χ3v) is 1.97. The Bertz CT molecular complexity index is 603. The van der Waals surface area contributed by atoms with Gasteiger partial charge >= 0.3 is 0 Å². The largest absolute Gasteiger partial charge is 0.436 e. The number of amides is 1. The van der Waals surface area contributed by atoms with E-state index in [1.807, 2.05) is 0 Å². The second kappa shape index (κ2) is 4.66. The first-order valence-corrected chi connectivity index (χ1v) is 4.84. The van der Waals surface area contributed by atoms with E-state index in [2.05, 4.69) is 16.2 Å². The van der Waals surface area contributed by atoms with Crippen LogP contribution in [0.15, 0.2) is 24.3 Å². The summed E-state index contributed by atoms with van der Waals surface area (Å²) in [7, 11) is 0. The Hall–Kier alpha value is -2.70.